The predicted octanol–water partition coefficient (Wildman–Crippen LogP) is 6.25. The number of aromatic nitrogens is 1. The highest BCUT2D eigenvalue weighted by Gasteiger charge is 2.18. The molecule has 4 aromatic rings. The van der Waals surface area contributed by atoms with Crippen molar-refractivity contribution in [1.29, 1.82) is 0 Å². The second-order valence-electron chi connectivity index (χ2n) is 7.43. The molecule has 0 atom stereocenters. The Balaban J connectivity index is 1.98. The third-order valence-electron chi connectivity index (χ3n) is 4.46. The van der Waals surface area contributed by atoms with Gasteiger partial charge in [-0.3, -0.25) is 0 Å². The van der Waals surface area contributed by atoms with Crippen LogP contribution in [0.4, 0.5) is 0 Å². The zero-order chi connectivity index (χ0) is 16.9. The normalized spacial score (nSPS) is 12.2. The van der Waals surface area contributed by atoms with Crippen LogP contribution >= 0.6 is 0 Å². The van der Waals surface area contributed by atoms with Crippen molar-refractivity contribution < 1.29 is 4.42 Å². The summed E-state index contributed by atoms with van der Waals surface area (Å²) in [5, 5.41) is 2.57. The first-order valence-electron chi connectivity index (χ1n) is 8.33. The van der Waals surface area contributed by atoms with E-state index in [1.807, 2.05) is 25.1 Å². The summed E-state index contributed by atoms with van der Waals surface area (Å²) in [6.45, 7) is 8.73. The van der Waals surface area contributed by atoms with Crippen molar-refractivity contribution in [3.05, 3.63) is 65.9 Å². The largest absolute Gasteiger partial charge is 0.460 e. The van der Waals surface area contributed by atoms with Gasteiger partial charge in [0.25, 0.3) is 0 Å². The van der Waals surface area contributed by atoms with Gasteiger partial charge in [0.2, 0.25) is 0 Å². The van der Waals surface area contributed by atoms with Crippen LogP contribution < -0.4 is 0 Å². The molecule has 2 aromatic carbocycles. The molecular weight excluding hydrogens is 294 g/mol. The molecule has 2 heterocycles. The molecule has 2 nitrogen and oxygen atoms in total. The predicted molar refractivity (Wildman–Crippen MR) is 100 cm³/mol. The fourth-order valence-electron chi connectivity index (χ4n) is 3.29. The van der Waals surface area contributed by atoms with E-state index in [0.29, 0.717) is 0 Å². The van der Waals surface area contributed by atoms with E-state index in [0.717, 1.165) is 28.1 Å². The summed E-state index contributed by atoms with van der Waals surface area (Å²) < 4.78 is 5.64. The molecule has 0 bridgehead atoms. The third kappa shape index (κ3) is 2.48. The Kier molecular flexibility index (Phi) is 3.24. The van der Waals surface area contributed by atoms with Gasteiger partial charge < -0.3 is 4.42 Å². The number of furan rings is 1. The summed E-state index contributed by atoms with van der Waals surface area (Å²) in [6, 6.07) is 19.1. The van der Waals surface area contributed by atoms with Crippen LogP contribution in [0.3, 0.4) is 0 Å². The van der Waals surface area contributed by atoms with Crippen LogP contribution in [0.25, 0.3) is 33.1 Å². The van der Waals surface area contributed by atoms with Crippen molar-refractivity contribution >= 4 is 21.9 Å². The number of aryl methyl sites for hydroxylation is 1. The van der Waals surface area contributed by atoms with E-state index in [1.165, 1.54) is 16.3 Å². The van der Waals surface area contributed by atoms with Crippen molar-refractivity contribution in [2.24, 2.45) is 0 Å². The molecular formula is C22H21NO. The van der Waals surface area contributed by atoms with Gasteiger partial charge >= 0.3 is 0 Å². The number of nitrogens with zero attached hydrogens (tertiary/aromatic N) is 1. The van der Waals surface area contributed by atoms with Crippen LogP contribution in [0.5, 0.6) is 0 Å². The fourth-order valence-corrected chi connectivity index (χ4v) is 3.29. The van der Waals surface area contributed by atoms with Gasteiger partial charge in [0, 0.05) is 11.6 Å². The number of pyridine rings is 1. The molecule has 0 radical (unpaired) electrons. The van der Waals surface area contributed by atoms with Crippen LogP contribution in [0, 0.1) is 6.92 Å². The lowest BCUT2D eigenvalue weighted by molar-refractivity contribution is 0.578. The van der Waals surface area contributed by atoms with Gasteiger partial charge in [-0.1, -0.05) is 45.0 Å². The van der Waals surface area contributed by atoms with Gasteiger partial charge in [-0.15, -0.1) is 0 Å². The summed E-state index contributed by atoms with van der Waals surface area (Å²) in [5.74, 6) is 0.892. The van der Waals surface area contributed by atoms with E-state index in [-0.39, 0.29) is 5.41 Å². The molecule has 24 heavy (non-hydrogen) atoms. The lowest BCUT2D eigenvalue weighted by atomic mass is 9.82. The fraction of sp³-hybridized carbons (Fsp3) is 0.227. The zero-order valence-electron chi connectivity index (χ0n) is 14.6. The van der Waals surface area contributed by atoms with Gasteiger partial charge in [0.05, 0.1) is 5.69 Å². The summed E-state index contributed by atoms with van der Waals surface area (Å²) in [5.41, 5.74) is 5.31. The van der Waals surface area contributed by atoms with Gasteiger partial charge in [0.1, 0.15) is 11.3 Å². The van der Waals surface area contributed by atoms with Gasteiger partial charge in [0.15, 0.2) is 5.58 Å². The molecule has 0 aliphatic heterocycles. The summed E-state index contributed by atoms with van der Waals surface area (Å²) >= 11 is 0. The molecule has 4 rings (SSSR count). The summed E-state index contributed by atoms with van der Waals surface area (Å²) in [6.07, 6.45) is 0. The molecule has 0 spiro atoms. The number of rotatable bonds is 1. The molecule has 0 amide bonds. The van der Waals surface area contributed by atoms with E-state index in [2.05, 4.69) is 57.2 Å². The van der Waals surface area contributed by atoms with Crippen molar-refractivity contribution in [3.63, 3.8) is 0 Å². The highest BCUT2D eigenvalue weighted by atomic mass is 16.3. The molecule has 0 aliphatic carbocycles. The maximum atomic E-state index is 5.64. The second kappa shape index (κ2) is 5.20. The van der Waals surface area contributed by atoms with E-state index in [9.17, 15) is 0 Å². The summed E-state index contributed by atoms with van der Waals surface area (Å²) in [7, 11) is 0. The first-order valence-corrected chi connectivity index (χ1v) is 8.33. The highest BCUT2D eigenvalue weighted by Crippen LogP contribution is 2.34. The molecule has 120 valence electrons. The highest BCUT2D eigenvalue weighted by molar-refractivity contribution is 5.91. The SMILES string of the molecule is Cc1cc2nc(-c3cc(C(C)(C)C)c4ccccc4c3)ccc2o1. The maximum absolute atomic E-state index is 5.64. The molecule has 0 fully saturated rings. The van der Waals surface area contributed by atoms with Crippen molar-refractivity contribution in [2.45, 2.75) is 33.1 Å². The molecule has 0 unspecified atom stereocenters. The molecule has 0 N–H and O–H groups in total. The van der Waals surface area contributed by atoms with Crippen molar-refractivity contribution in [3.8, 4) is 11.3 Å². The Morgan fingerprint density at radius 2 is 1.71 bits per heavy atom. The van der Waals surface area contributed by atoms with Crippen LogP contribution in [0.1, 0.15) is 32.1 Å². The first kappa shape index (κ1) is 14.9. The topological polar surface area (TPSA) is 26.0 Å². The first-order chi connectivity index (χ1) is 11.4. The van der Waals surface area contributed by atoms with E-state index >= 15 is 0 Å². The molecule has 0 saturated carbocycles. The monoisotopic (exact) mass is 315 g/mol. The Labute approximate surface area is 142 Å². The maximum Gasteiger partial charge on any atom is 0.152 e. The van der Waals surface area contributed by atoms with Crippen LogP contribution in [0.2, 0.25) is 0 Å². The minimum atomic E-state index is 0.0753. The van der Waals surface area contributed by atoms with Gasteiger partial charge in [-0.25, -0.2) is 4.98 Å². The Hall–Kier alpha value is -2.61. The van der Waals surface area contributed by atoms with Crippen molar-refractivity contribution in [2.75, 3.05) is 0 Å². The molecule has 2 aromatic heterocycles. The Morgan fingerprint density at radius 3 is 2.50 bits per heavy atom. The number of fused-ring (bicyclic) bond motifs is 2. The average Bonchev–Trinajstić information content (AvgIpc) is 2.92. The Morgan fingerprint density at radius 1 is 0.917 bits per heavy atom. The van der Waals surface area contributed by atoms with Crippen LogP contribution in [0.15, 0.2) is 59.0 Å². The number of hydrogen-bond donors (Lipinski definition) is 0. The summed E-state index contributed by atoms with van der Waals surface area (Å²) in [4.78, 5) is 4.80. The lowest BCUT2D eigenvalue weighted by Crippen LogP contribution is -2.12. The average molecular weight is 315 g/mol. The minimum Gasteiger partial charge on any atom is -0.460 e. The minimum absolute atomic E-state index is 0.0753. The number of hydrogen-bond acceptors (Lipinski definition) is 2. The second-order valence-corrected chi connectivity index (χ2v) is 7.43. The Bertz CT molecular complexity index is 1050. The van der Waals surface area contributed by atoms with Gasteiger partial charge in [-0.2, -0.15) is 0 Å². The third-order valence-corrected chi connectivity index (χ3v) is 4.46. The molecule has 0 aliphatic rings. The zero-order valence-corrected chi connectivity index (χ0v) is 14.6. The van der Waals surface area contributed by atoms with Crippen molar-refractivity contribution in [1.82, 2.24) is 4.98 Å². The van der Waals surface area contributed by atoms with E-state index in [4.69, 9.17) is 9.40 Å². The van der Waals surface area contributed by atoms with E-state index in [1.54, 1.807) is 0 Å². The quantitative estimate of drug-likeness (QED) is 0.414. The van der Waals surface area contributed by atoms with E-state index < -0.39 is 0 Å². The molecule has 0 saturated heterocycles. The smallest absolute Gasteiger partial charge is 0.152 e. The lowest BCUT2D eigenvalue weighted by Gasteiger charge is -2.22. The van der Waals surface area contributed by atoms with Crippen LogP contribution in [-0.4, -0.2) is 4.98 Å². The number of benzene rings is 2. The van der Waals surface area contributed by atoms with Crippen LogP contribution in [-0.2, 0) is 5.41 Å². The standard InChI is InChI=1S/C22H21NO/c1-14-11-20-21(24-14)10-9-19(23-20)16-12-15-7-5-6-8-17(15)18(13-16)22(2,3)4/h5-13H,1-4H3. The van der Waals surface area contributed by atoms with Gasteiger partial charge in [-0.05, 0) is 52.9 Å². The molecule has 2 heteroatoms.